The van der Waals surface area contributed by atoms with E-state index >= 15 is 0 Å². The second-order valence-corrected chi connectivity index (χ2v) is 7.11. The number of anilines is 1. The molecule has 3 N–H and O–H groups in total. The first-order valence-electron chi connectivity index (χ1n) is 6.05. The van der Waals surface area contributed by atoms with Crippen LogP contribution in [0.5, 0.6) is 5.75 Å². The highest BCUT2D eigenvalue weighted by molar-refractivity contribution is 14.1. The summed E-state index contributed by atoms with van der Waals surface area (Å²) in [4.78, 5) is 9.70. The Morgan fingerprint density at radius 1 is 1.08 bits per heavy atom. The van der Waals surface area contributed by atoms with E-state index in [9.17, 15) is 30.8 Å². The normalized spacial score (nSPS) is 11.4. The molecular weight excluding hydrogens is 485 g/mol. The molecule has 0 unspecified atom stereocenters. The molecular formula is C13H6F4INO5S. The molecule has 0 saturated carbocycles. The van der Waals surface area contributed by atoms with Crippen molar-refractivity contribution in [1.29, 1.82) is 0 Å². The van der Waals surface area contributed by atoms with Gasteiger partial charge in [0.15, 0.2) is 16.5 Å². The summed E-state index contributed by atoms with van der Waals surface area (Å²) in [5, 5.41) is 0. The molecule has 0 radical (unpaired) electrons. The number of carbonyl (C=O) groups excluding carboxylic acids is 1. The Morgan fingerprint density at radius 3 is 2.08 bits per heavy atom. The number of rotatable bonds is 3. The molecule has 0 aliphatic carbocycles. The number of halogens is 5. The molecule has 0 spiro atoms. The van der Waals surface area contributed by atoms with Crippen molar-refractivity contribution in [2.45, 2.75) is 4.90 Å². The molecule has 2 aromatic carbocycles. The Kier molecular flexibility index (Phi) is 5.24. The third kappa shape index (κ3) is 3.69. The maximum absolute atomic E-state index is 13.8. The van der Waals surface area contributed by atoms with E-state index in [-0.39, 0.29) is 11.3 Å². The van der Waals surface area contributed by atoms with Gasteiger partial charge in [-0.25, -0.2) is 13.6 Å². The number of nitrogen functional groups attached to an aromatic ring is 1. The van der Waals surface area contributed by atoms with Crippen molar-refractivity contribution >= 4 is 44.4 Å². The molecule has 0 bridgehead atoms. The lowest BCUT2D eigenvalue weighted by Crippen LogP contribution is -2.17. The van der Waals surface area contributed by atoms with Crippen LogP contribution >= 0.6 is 22.6 Å². The number of benzene rings is 2. The standard InChI is InChI=1S/C13H6F4INO5S/c14-7-9(16)12(25(21,22)23)10(17)8(15)11(7)24-13(20)5-3-4(18)1-2-6(5)19/h1-3H,19H2,(H,21,22,23). The lowest BCUT2D eigenvalue weighted by atomic mass is 10.2. The summed E-state index contributed by atoms with van der Waals surface area (Å²) in [6.07, 6.45) is 0. The molecule has 6 nitrogen and oxygen atoms in total. The zero-order valence-corrected chi connectivity index (χ0v) is 14.7. The first-order chi connectivity index (χ1) is 11.4. The average molecular weight is 491 g/mol. The molecule has 134 valence electrons. The molecule has 2 aromatic rings. The predicted molar refractivity (Wildman–Crippen MR) is 84.6 cm³/mol. The van der Waals surface area contributed by atoms with Gasteiger partial charge >= 0.3 is 16.1 Å². The lowest BCUT2D eigenvalue weighted by Gasteiger charge is -2.11. The number of nitrogens with two attached hydrogens (primary N) is 1. The molecule has 0 atom stereocenters. The van der Waals surface area contributed by atoms with Crippen molar-refractivity contribution in [2.75, 3.05) is 5.73 Å². The maximum atomic E-state index is 13.8. The Morgan fingerprint density at radius 2 is 1.60 bits per heavy atom. The van der Waals surface area contributed by atoms with Crippen LogP contribution in [0, 0.1) is 26.8 Å². The van der Waals surface area contributed by atoms with Gasteiger partial charge in [-0.2, -0.15) is 17.2 Å². The van der Waals surface area contributed by atoms with Gasteiger partial charge in [-0.15, -0.1) is 0 Å². The molecule has 0 heterocycles. The van der Waals surface area contributed by atoms with Gasteiger partial charge < -0.3 is 10.5 Å². The molecule has 0 saturated heterocycles. The van der Waals surface area contributed by atoms with Crippen LogP contribution in [0.3, 0.4) is 0 Å². The molecule has 0 aromatic heterocycles. The summed E-state index contributed by atoms with van der Waals surface area (Å²) < 4.78 is 90.1. The maximum Gasteiger partial charge on any atom is 0.345 e. The summed E-state index contributed by atoms with van der Waals surface area (Å²) >= 11 is 1.80. The minimum absolute atomic E-state index is 0.137. The number of hydrogen-bond acceptors (Lipinski definition) is 5. The van der Waals surface area contributed by atoms with E-state index in [0.29, 0.717) is 3.57 Å². The third-order valence-corrected chi connectivity index (χ3v) is 4.42. The van der Waals surface area contributed by atoms with E-state index in [4.69, 9.17) is 10.3 Å². The van der Waals surface area contributed by atoms with Crippen molar-refractivity contribution in [3.8, 4) is 5.75 Å². The quantitative estimate of drug-likeness (QED) is 0.130. The minimum atomic E-state index is -5.61. The van der Waals surface area contributed by atoms with E-state index in [1.807, 2.05) is 0 Å². The first-order valence-corrected chi connectivity index (χ1v) is 8.57. The Bertz CT molecular complexity index is 967. The average Bonchev–Trinajstić information content (AvgIpc) is 2.50. The molecule has 0 amide bonds. The summed E-state index contributed by atoms with van der Waals surface area (Å²) in [7, 11) is -5.61. The largest absolute Gasteiger partial charge is 0.416 e. The van der Waals surface area contributed by atoms with Crippen molar-refractivity contribution in [3.05, 3.63) is 50.6 Å². The third-order valence-electron chi connectivity index (χ3n) is 2.87. The lowest BCUT2D eigenvalue weighted by molar-refractivity contribution is 0.0717. The van der Waals surface area contributed by atoms with Crippen molar-refractivity contribution in [1.82, 2.24) is 0 Å². The Balaban J connectivity index is 2.58. The minimum Gasteiger partial charge on any atom is -0.416 e. The van der Waals surface area contributed by atoms with Gasteiger partial charge in [0.2, 0.25) is 17.4 Å². The van der Waals surface area contributed by atoms with Gasteiger partial charge in [-0.05, 0) is 40.8 Å². The molecule has 25 heavy (non-hydrogen) atoms. The summed E-state index contributed by atoms with van der Waals surface area (Å²) in [5.74, 6) is -12.8. The SMILES string of the molecule is Nc1ccc(I)cc1C(=O)Oc1c(F)c(F)c(S(=O)(=O)O)c(F)c1F. The van der Waals surface area contributed by atoms with Crippen molar-refractivity contribution < 1.29 is 40.1 Å². The topological polar surface area (TPSA) is 107 Å². The molecule has 2 rings (SSSR count). The van der Waals surface area contributed by atoms with Gasteiger partial charge in [0.05, 0.1) is 5.56 Å². The molecule has 0 fully saturated rings. The molecule has 12 heteroatoms. The zero-order chi connectivity index (χ0) is 19.1. The number of carbonyl (C=O) groups is 1. The highest BCUT2D eigenvalue weighted by Crippen LogP contribution is 2.33. The van der Waals surface area contributed by atoms with Crippen LogP contribution in [0.15, 0.2) is 23.1 Å². The van der Waals surface area contributed by atoms with E-state index in [1.54, 1.807) is 22.6 Å². The van der Waals surface area contributed by atoms with Crippen LogP contribution < -0.4 is 10.5 Å². The van der Waals surface area contributed by atoms with Crippen LogP contribution in [0.2, 0.25) is 0 Å². The predicted octanol–water partition coefficient (Wildman–Crippen LogP) is 2.90. The van der Waals surface area contributed by atoms with E-state index in [2.05, 4.69) is 4.74 Å². The second kappa shape index (κ2) is 6.76. The summed E-state index contributed by atoms with van der Waals surface area (Å²) in [6, 6.07) is 3.98. The number of esters is 1. The van der Waals surface area contributed by atoms with Gasteiger partial charge in [0.25, 0.3) is 0 Å². The zero-order valence-electron chi connectivity index (χ0n) is 11.7. The monoisotopic (exact) mass is 491 g/mol. The van der Waals surface area contributed by atoms with Gasteiger partial charge in [0.1, 0.15) is 0 Å². The number of ether oxygens (including phenoxy) is 1. The molecule has 0 aliphatic heterocycles. The summed E-state index contributed by atoms with van der Waals surface area (Å²) in [6.45, 7) is 0. The first kappa shape index (κ1) is 19.4. The fourth-order valence-electron chi connectivity index (χ4n) is 1.76. The van der Waals surface area contributed by atoms with Gasteiger partial charge in [-0.3, -0.25) is 4.55 Å². The van der Waals surface area contributed by atoms with E-state index in [1.165, 1.54) is 18.2 Å². The smallest absolute Gasteiger partial charge is 0.345 e. The van der Waals surface area contributed by atoms with Crippen LogP contribution in [0.4, 0.5) is 23.2 Å². The fourth-order valence-corrected chi connectivity index (χ4v) is 2.88. The highest BCUT2D eigenvalue weighted by Gasteiger charge is 2.34. The van der Waals surface area contributed by atoms with Crippen LogP contribution in [0.25, 0.3) is 0 Å². The Hall–Kier alpha value is -1.93. The van der Waals surface area contributed by atoms with E-state index < -0.39 is 50.0 Å². The molecule has 0 aliphatic rings. The van der Waals surface area contributed by atoms with Crippen LogP contribution in [-0.2, 0) is 10.1 Å². The summed E-state index contributed by atoms with van der Waals surface area (Å²) in [5.41, 5.74) is 5.03. The van der Waals surface area contributed by atoms with Crippen molar-refractivity contribution in [3.63, 3.8) is 0 Å². The highest BCUT2D eigenvalue weighted by atomic mass is 127. The van der Waals surface area contributed by atoms with Gasteiger partial charge in [0, 0.05) is 9.26 Å². The second-order valence-electron chi connectivity index (χ2n) is 4.51. The van der Waals surface area contributed by atoms with Crippen LogP contribution in [-0.4, -0.2) is 18.9 Å². The van der Waals surface area contributed by atoms with E-state index in [0.717, 1.165) is 0 Å². The number of hydrogen-bond donors (Lipinski definition) is 2. The van der Waals surface area contributed by atoms with Crippen molar-refractivity contribution in [2.24, 2.45) is 0 Å². The van der Waals surface area contributed by atoms with Crippen LogP contribution in [0.1, 0.15) is 10.4 Å². The fraction of sp³-hybridized carbons (Fsp3) is 0. The Labute approximate surface area is 151 Å². The van der Waals surface area contributed by atoms with Gasteiger partial charge in [-0.1, -0.05) is 0 Å².